The predicted octanol–water partition coefficient (Wildman–Crippen LogP) is 5.72. The lowest BCUT2D eigenvalue weighted by Crippen LogP contribution is -2.46. The average Bonchev–Trinajstić information content (AvgIpc) is 3.25. The largest absolute Gasteiger partial charge is 0.464 e. The Morgan fingerprint density at radius 2 is 1.65 bits per heavy atom. The van der Waals surface area contributed by atoms with Crippen molar-refractivity contribution in [2.24, 2.45) is 0 Å². The van der Waals surface area contributed by atoms with E-state index in [0.29, 0.717) is 22.3 Å². The molecular formula is C27H29ClNO6PS. The van der Waals surface area contributed by atoms with Gasteiger partial charge in [-0.05, 0) is 67.8 Å². The number of hydrogen-bond donors (Lipinski definition) is 0. The fourth-order valence-electron chi connectivity index (χ4n) is 4.82. The third-order valence-corrected chi connectivity index (χ3v) is 11.4. The summed E-state index contributed by atoms with van der Waals surface area (Å²) in [5, 5.41) is 0.765. The van der Waals surface area contributed by atoms with Crippen molar-refractivity contribution in [1.29, 1.82) is 0 Å². The van der Waals surface area contributed by atoms with Crippen LogP contribution in [0.5, 0.6) is 0 Å². The molecule has 0 saturated carbocycles. The Balaban J connectivity index is 2.06. The molecule has 0 spiro atoms. The van der Waals surface area contributed by atoms with Gasteiger partial charge in [-0.3, -0.25) is 8.87 Å². The van der Waals surface area contributed by atoms with Gasteiger partial charge in [0.1, 0.15) is 0 Å². The smallest absolute Gasteiger partial charge is 0.331 e. The summed E-state index contributed by atoms with van der Waals surface area (Å²) in [4.78, 5) is 13.6. The van der Waals surface area contributed by atoms with Gasteiger partial charge in [0.15, 0.2) is 6.04 Å². The molecule has 0 aromatic heterocycles. The van der Waals surface area contributed by atoms with Gasteiger partial charge in [-0.1, -0.05) is 54.9 Å². The van der Waals surface area contributed by atoms with Crippen LogP contribution < -0.4 is 9.61 Å². The minimum atomic E-state index is -4.27. The zero-order valence-electron chi connectivity index (χ0n) is 20.8. The van der Waals surface area contributed by atoms with Crippen LogP contribution in [0.1, 0.15) is 37.6 Å². The summed E-state index contributed by atoms with van der Waals surface area (Å²) in [6.45, 7) is 5.39. The minimum Gasteiger partial charge on any atom is -0.464 e. The SMILES string of the molecule is CCOC(=O)C1C(P(=O)(OCC)c2ccccc2CC)c2cc(Cl)ccc2N1S(=O)(=O)c1ccccc1. The van der Waals surface area contributed by atoms with Gasteiger partial charge >= 0.3 is 5.97 Å². The van der Waals surface area contributed by atoms with Gasteiger partial charge in [-0.15, -0.1) is 0 Å². The molecule has 3 aromatic rings. The van der Waals surface area contributed by atoms with Crippen LogP contribution in [0.4, 0.5) is 5.69 Å². The lowest BCUT2D eigenvalue weighted by Gasteiger charge is -2.32. The second-order valence-electron chi connectivity index (χ2n) is 8.46. The standard InChI is InChI=1S/C27H29ClNO6PS/c1-4-19-12-10-11-15-24(19)36(31,35-6-3)26-22-18-20(28)16-17-23(22)29(25(26)27(30)34-5-2)37(32,33)21-13-8-7-9-14-21/h7-18,25-26H,4-6H2,1-3H3. The fourth-order valence-corrected chi connectivity index (χ4v) is 9.86. The van der Waals surface area contributed by atoms with Crippen molar-refractivity contribution in [2.75, 3.05) is 17.5 Å². The van der Waals surface area contributed by atoms with Crippen LogP contribution in [-0.2, 0) is 35.1 Å². The molecule has 0 N–H and O–H groups in total. The fraction of sp³-hybridized carbons (Fsp3) is 0.296. The molecule has 4 rings (SSSR count). The number of benzene rings is 3. The Kier molecular flexibility index (Phi) is 8.14. The van der Waals surface area contributed by atoms with Crippen molar-refractivity contribution in [3.05, 3.63) is 88.9 Å². The van der Waals surface area contributed by atoms with E-state index in [-0.39, 0.29) is 23.8 Å². The zero-order chi connectivity index (χ0) is 26.8. The number of rotatable bonds is 9. The maximum absolute atomic E-state index is 15.1. The van der Waals surface area contributed by atoms with E-state index >= 15 is 4.57 Å². The molecule has 7 nitrogen and oxygen atoms in total. The zero-order valence-corrected chi connectivity index (χ0v) is 23.3. The maximum atomic E-state index is 15.1. The molecule has 1 aliphatic heterocycles. The molecule has 1 aliphatic rings. The Hall–Kier alpha value is -2.64. The van der Waals surface area contributed by atoms with Gasteiger partial charge in [0.2, 0.25) is 7.37 Å². The summed E-state index contributed by atoms with van der Waals surface area (Å²) >= 11 is 6.37. The summed E-state index contributed by atoms with van der Waals surface area (Å²) < 4.78 is 55.7. The predicted molar refractivity (Wildman–Crippen MR) is 145 cm³/mol. The van der Waals surface area contributed by atoms with E-state index in [1.807, 2.05) is 19.1 Å². The molecule has 196 valence electrons. The van der Waals surface area contributed by atoms with E-state index in [2.05, 4.69) is 0 Å². The first-order chi connectivity index (χ1) is 17.7. The van der Waals surface area contributed by atoms with Gasteiger partial charge < -0.3 is 9.26 Å². The Morgan fingerprint density at radius 1 is 0.973 bits per heavy atom. The molecule has 0 radical (unpaired) electrons. The second kappa shape index (κ2) is 11.0. The first kappa shape index (κ1) is 27.4. The molecule has 0 saturated heterocycles. The van der Waals surface area contributed by atoms with Crippen LogP contribution in [0.25, 0.3) is 0 Å². The third kappa shape index (κ3) is 4.84. The van der Waals surface area contributed by atoms with Crippen molar-refractivity contribution in [3.8, 4) is 0 Å². The van der Waals surface area contributed by atoms with E-state index in [1.165, 1.54) is 18.2 Å². The Labute approximate surface area is 222 Å². The lowest BCUT2D eigenvalue weighted by atomic mass is 10.1. The molecule has 10 heteroatoms. The van der Waals surface area contributed by atoms with Gasteiger partial charge in [-0.2, -0.15) is 0 Å². The van der Waals surface area contributed by atoms with E-state index in [0.717, 1.165) is 9.87 Å². The van der Waals surface area contributed by atoms with Crippen LogP contribution in [0.3, 0.4) is 0 Å². The molecule has 0 aliphatic carbocycles. The van der Waals surface area contributed by atoms with Gasteiger partial charge in [0, 0.05) is 10.3 Å². The number of anilines is 1. The average molecular weight is 562 g/mol. The van der Waals surface area contributed by atoms with Gasteiger partial charge in [0.25, 0.3) is 10.0 Å². The number of sulfonamides is 1. The highest BCUT2D eigenvalue weighted by Gasteiger charge is 2.57. The summed E-state index contributed by atoms with van der Waals surface area (Å²) in [6, 6.07) is 18.2. The lowest BCUT2D eigenvalue weighted by molar-refractivity contribution is -0.144. The first-order valence-corrected chi connectivity index (χ1v) is 15.6. The van der Waals surface area contributed by atoms with Gasteiger partial charge in [-0.25, -0.2) is 13.2 Å². The Bertz CT molecular complexity index is 1450. The topological polar surface area (TPSA) is 90.0 Å². The number of esters is 1. The van der Waals surface area contributed by atoms with Crippen LogP contribution in [0.15, 0.2) is 77.7 Å². The third-order valence-electron chi connectivity index (χ3n) is 6.32. The van der Waals surface area contributed by atoms with E-state index in [4.69, 9.17) is 20.9 Å². The first-order valence-electron chi connectivity index (χ1n) is 12.1. The molecule has 3 unspecified atom stereocenters. The summed E-state index contributed by atoms with van der Waals surface area (Å²) in [5.74, 6) is -0.812. The highest BCUT2D eigenvalue weighted by atomic mass is 35.5. The number of halogens is 1. The number of fused-ring (bicyclic) bond motifs is 1. The van der Waals surface area contributed by atoms with Crippen LogP contribution in [-0.4, -0.2) is 33.6 Å². The molecule has 3 atom stereocenters. The Morgan fingerprint density at radius 3 is 2.30 bits per heavy atom. The van der Waals surface area contributed by atoms with E-state index in [9.17, 15) is 13.2 Å². The van der Waals surface area contributed by atoms with Crippen LogP contribution in [0, 0.1) is 0 Å². The molecule has 0 fully saturated rings. The highest BCUT2D eigenvalue weighted by Crippen LogP contribution is 2.67. The van der Waals surface area contributed by atoms with Crippen molar-refractivity contribution < 1.29 is 27.0 Å². The summed E-state index contributed by atoms with van der Waals surface area (Å²) in [7, 11) is -8.19. The second-order valence-corrected chi connectivity index (χ2v) is 13.2. The van der Waals surface area contributed by atoms with E-state index < -0.39 is 35.1 Å². The summed E-state index contributed by atoms with van der Waals surface area (Å²) in [6.07, 6.45) is 0.568. The van der Waals surface area contributed by atoms with Crippen molar-refractivity contribution >= 4 is 46.0 Å². The van der Waals surface area contributed by atoms with Crippen LogP contribution in [0.2, 0.25) is 5.02 Å². The molecule has 3 aromatic carbocycles. The number of nitrogens with zero attached hydrogens (tertiary/aromatic N) is 1. The number of hydrogen-bond acceptors (Lipinski definition) is 6. The van der Waals surface area contributed by atoms with Crippen LogP contribution >= 0.6 is 19.0 Å². The quantitative estimate of drug-likeness (QED) is 0.245. The number of aryl methyl sites for hydroxylation is 1. The number of carbonyl (C=O) groups excluding carboxylic acids is 1. The molecule has 0 amide bonds. The molecule has 1 heterocycles. The maximum Gasteiger partial charge on any atom is 0.331 e. The number of ether oxygens (including phenoxy) is 1. The molecule has 37 heavy (non-hydrogen) atoms. The number of carbonyl (C=O) groups is 1. The monoisotopic (exact) mass is 561 g/mol. The van der Waals surface area contributed by atoms with Crippen molar-refractivity contribution in [3.63, 3.8) is 0 Å². The highest BCUT2D eigenvalue weighted by molar-refractivity contribution is 7.93. The van der Waals surface area contributed by atoms with Gasteiger partial charge in [0.05, 0.1) is 29.5 Å². The van der Waals surface area contributed by atoms with Crippen molar-refractivity contribution in [2.45, 2.75) is 43.8 Å². The molecular weight excluding hydrogens is 533 g/mol. The van der Waals surface area contributed by atoms with Crippen molar-refractivity contribution in [1.82, 2.24) is 0 Å². The molecule has 0 bridgehead atoms. The van der Waals surface area contributed by atoms with E-state index in [1.54, 1.807) is 56.3 Å². The summed E-state index contributed by atoms with van der Waals surface area (Å²) in [5.41, 5.74) is 0.180. The normalized spacial score (nSPS) is 18.8. The minimum absolute atomic E-state index is 0.00829.